The third-order valence-electron chi connectivity index (χ3n) is 17.0. The molecule has 0 saturated carbocycles. The number of rotatable bonds is 76. The van der Waals surface area contributed by atoms with Crippen molar-refractivity contribution in [1.82, 2.24) is 0 Å². The van der Waals surface area contributed by atoms with Crippen LogP contribution in [0.1, 0.15) is 349 Å². The molecule has 3 N–H and O–H groups in total. The number of carbonyl (C=O) groups excluding carboxylic acids is 4. The minimum absolute atomic E-state index is 0.0729. The molecule has 0 aliphatic carbocycles. The Morgan fingerprint density at radius 2 is 0.510 bits per heavy atom. The number of ether oxygens (including phenoxy) is 4. The number of aliphatic hydroxyl groups is 1. The molecule has 0 aliphatic rings. The van der Waals surface area contributed by atoms with Crippen molar-refractivity contribution < 1.29 is 80.2 Å². The van der Waals surface area contributed by atoms with Crippen LogP contribution in [-0.4, -0.2) is 96.7 Å². The monoisotopic (exact) mass is 1480 g/mol. The van der Waals surface area contributed by atoms with E-state index in [1.165, 1.54) is 96.3 Å². The van der Waals surface area contributed by atoms with Crippen LogP contribution in [0.15, 0.2) is 97.2 Å². The van der Waals surface area contributed by atoms with Crippen molar-refractivity contribution in [3.8, 4) is 0 Å². The van der Waals surface area contributed by atoms with Gasteiger partial charge in [0.1, 0.15) is 19.3 Å². The third kappa shape index (κ3) is 74.3. The van der Waals surface area contributed by atoms with Crippen LogP contribution in [0.5, 0.6) is 0 Å². The third-order valence-corrected chi connectivity index (χ3v) is 18.9. The largest absolute Gasteiger partial charge is 0.472 e. The summed E-state index contributed by atoms with van der Waals surface area (Å²) in [5, 5.41) is 10.6. The lowest BCUT2D eigenvalue weighted by Crippen LogP contribution is -2.30. The van der Waals surface area contributed by atoms with Gasteiger partial charge in [-0.1, -0.05) is 273 Å². The van der Waals surface area contributed by atoms with Gasteiger partial charge in [0.2, 0.25) is 0 Å². The van der Waals surface area contributed by atoms with Crippen molar-refractivity contribution in [3.63, 3.8) is 0 Å². The Morgan fingerprint density at radius 3 is 0.814 bits per heavy atom. The lowest BCUT2D eigenvalue weighted by Gasteiger charge is -2.21. The first kappa shape index (κ1) is 98.0. The molecule has 5 atom stereocenters. The molecule has 0 radical (unpaired) electrons. The lowest BCUT2D eigenvalue weighted by molar-refractivity contribution is -0.161. The average Bonchev–Trinajstić information content (AvgIpc) is 0.923. The first-order valence-corrected chi connectivity index (χ1v) is 43.5. The van der Waals surface area contributed by atoms with Crippen molar-refractivity contribution in [2.45, 2.75) is 367 Å². The number of hydrogen-bond acceptors (Lipinski definition) is 15. The number of carbonyl (C=O) groups is 4. The zero-order chi connectivity index (χ0) is 74.6. The Kier molecular flexibility index (Phi) is 72.3. The van der Waals surface area contributed by atoms with Crippen LogP contribution in [0.25, 0.3) is 0 Å². The second-order valence-electron chi connectivity index (χ2n) is 27.0. The highest BCUT2D eigenvalue weighted by Crippen LogP contribution is 2.45. The molecule has 590 valence electrons. The average molecular weight is 1480 g/mol. The van der Waals surface area contributed by atoms with Gasteiger partial charge in [-0.05, 0) is 148 Å². The van der Waals surface area contributed by atoms with E-state index in [4.69, 9.17) is 37.0 Å². The minimum atomic E-state index is -4.99. The summed E-state index contributed by atoms with van der Waals surface area (Å²) in [5.41, 5.74) is 0. The maximum absolute atomic E-state index is 13.1. The Balaban J connectivity index is 5.39. The zero-order valence-corrected chi connectivity index (χ0v) is 66.3. The predicted molar refractivity (Wildman–Crippen MR) is 418 cm³/mol. The van der Waals surface area contributed by atoms with E-state index in [0.717, 1.165) is 173 Å². The molecule has 0 saturated heterocycles. The van der Waals surface area contributed by atoms with E-state index in [-0.39, 0.29) is 25.7 Å². The summed E-state index contributed by atoms with van der Waals surface area (Å²) in [6, 6.07) is 0. The van der Waals surface area contributed by atoms with Crippen LogP contribution < -0.4 is 0 Å². The summed E-state index contributed by atoms with van der Waals surface area (Å²) in [5.74, 6) is -2.22. The molecule has 0 bridgehead atoms. The molecule has 0 aliphatic heterocycles. The summed E-state index contributed by atoms with van der Waals surface area (Å²) < 4.78 is 68.6. The normalized spacial score (nSPS) is 14.4. The van der Waals surface area contributed by atoms with E-state index in [1.54, 1.807) is 0 Å². The SMILES string of the molecule is CC/C=C\C/C=C\C/C=C\C/C=C\CCCCCCC(=O)OCC(COP(=O)(O)OCC(O)COP(=O)(O)OCC(COC(=O)CCCCCCC/C=C\CCCCCCCC)OC(=O)CCCCCCC/C=C\CCCCCCCC)OC(=O)CCCCCCC/C=C\C/C=C\CCCCC. The fourth-order valence-corrected chi connectivity index (χ4v) is 12.4. The number of phosphoric acid groups is 2. The molecular weight excluding hydrogens is 1330 g/mol. The van der Waals surface area contributed by atoms with Gasteiger partial charge >= 0.3 is 39.5 Å². The molecule has 0 aromatic heterocycles. The smallest absolute Gasteiger partial charge is 0.462 e. The number of unbranched alkanes of at least 4 members (excludes halogenated alkanes) is 34. The Bertz CT molecular complexity index is 2310. The van der Waals surface area contributed by atoms with Gasteiger partial charge < -0.3 is 33.8 Å². The topological polar surface area (TPSA) is 237 Å². The van der Waals surface area contributed by atoms with E-state index in [2.05, 4.69) is 125 Å². The molecule has 5 unspecified atom stereocenters. The van der Waals surface area contributed by atoms with Crippen LogP contribution in [-0.2, 0) is 65.4 Å². The van der Waals surface area contributed by atoms with Gasteiger partial charge in [-0.25, -0.2) is 9.13 Å². The first-order valence-electron chi connectivity index (χ1n) is 40.5. The molecular formula is C83H146O17P2. The summed E-state index contributed by atoms with van der Waals surface area (Å²) >= 11 is 0. The van der Waals surface area contributed by atoms with Crippen LogP contribution in [0, 0.1) is 0 Å². The molecule has 0 rings (SSSR count). The number of phosphoric ester groups is 2. The van der Waals surface area contributed by atoms with Gasteiger partial charge in [0, 0.05) is 25.7 Å². The van der Waals surface area contributed by atoms with Gasteiger partial charge in [0.05, 0.1) is 26.4 Å². The Morgan fingerprint density at radius 1 is 0.284 bits per heavy atom. The predicted octanol–water partition coefficient (Wildman–Crippen LogP) is 23.6. The fourth-order valence-electron chi connectivity index (χ4n) is 10.8. The van der Waals surface area contributed by atoms with E-state index in [1.807, 2.05) is 0 Å². The van der Waals surface area contributed by atoms with Crippen molar-refractivity contribution in [3.05, 3.63) is 97.2 Å². The second kappa shape index (κ2) is 75.2. The molecule has 0 aromatic carbocycles. The van der Waals surface area contributed by atoms with Crippen LogP contribution >= 0.6 is 15.6 Å². The lowest BCUT2D eigenvalue weighted by atomic mass is 10.1. The van der Waals surface area contributed by atoms with Crippen LogP contribution in [0.2, 0.25) is 0 Å². The van der Waals surface area contributed by atoms with Crippen LogP contribution in [0.4, 0.5) is 0 Å². The second-order valence-corrected chi connectivity index (χ2v) is 29.9. The molecule has 0 spiro atoms. The highest BCUT2D eigenvalue weighted by molar-refractivity contribution is 7.47. The maximum atomic E-state index is 13.1. The van der Waals surface area contributed by atoms with Crippen molar-refractivity contribution in [1.29, 1.82) is 0 Å². The zero-order valence-electron chi connectivity index (χ0n) is 64.5. The summed E-state index contributed by atoms with van der Waals surface area (Å²) in [4.78, 5) is 73.0. The van der Waals surface area contributed by atoms with Crippen LogP contribution in [0.3, 0.4) is 0 Å². The van der Waals surface area contributed by atoms with E-state index >= 15 is 0 Å². The minimum Gasteiger partial charge on any atom is -0.462 e. The van der Waals surface area contributed by atoms with E-state index in [0.29, 0.717) is 25.7 Å². The van der Waals surface area contributed by atoms with Gasteiger partial charge in [0.25, 0.3) is 0 Å². The first-order chi connectivity index (χ1) is 49.7. The van der Waals surface area contributed by atoms with E-state index < -0.39 is 97.5 Å². The highest BCUT2D eigenvalue weighted by atomic mass is 31.2. The standard InChI is InChI=1S/C83H146O17P2/c1-5-9-13-17-21-25-29-33-37-38-42-44-48-52-56-60-64-68-81(86)94-74-79(100-83(88)70-66-62-58-54-50-46-41-36-32-28-24-20-16-12-8-4)76-98-102(91,92)96-72-77(84)71-95-101(89,90)97-75-78(99-82(87)69-65-61-57-53-49-45-40-35-31-27-23-19-15-11-7-3)73-93-80(85)67-63-59-55-51-47-43-39-34-30-26-22-18-14-10-6-2/h9,13,21,24-25,28,33-37,39-42,44,77-79,84H,5-8,10-12,14-20,22-23,26-27,29-32,38,43,45-76H2,1-4H3,(H,89,90)(H,91,92)/b13-9-,25-21-,28-24-,37-33-,39-34-,40-35-,41-36-,44-42-. The molecule has 0 aromatic rings. The summed E-state index contributed by atoms with van der Waals surface area (Å²) in [6.07, 6.45) is 79.5. The fraction of sp³-hybridized carbons (Fsp3) is 0.759. The maximum Gasteiger partial charge on any atom is 0.472 e. The molecule has 102 heavy (non-hydrogen) atoms. The van der Waals surface area contributed by atoms with Gasteiger partial charge in [-0.2, -0.15) is 0 Å². The Hall–Kier alpha value is -4.02. The molecule has 0 heterocycles. The Labute approximate surface area is 620 Å². The number of aliphatic hydroxyl groups excluding tert-OH is 1. The van der Waals surface area contributed by atoms with Crippen molar-refractivity contribution in [2.24, 2.45) is 0 Å². The highest BCUT2D eigenvalue weighted by Gasteiger charge is 2.30. The van der Waals surface area contributed by atoms with Gasteiger partial charge in [-0.3, -0.25) is 37.3 Å². The number of allylic oxidation sites excluding steroid dienone is 16. The summed E-state index contributed by atoms with van der Waals surface area (Å²) in [6.45, 7) is 4.71. The van der Waals surface area contributed by atoms with Gasteiger partial charge in [-0.15, -0.1) is 0 Å². The van der Waals surface area contributed by atoms with Gasteiger partial charge in [0.15, 0.2) is 12.2 Å². The van der Waals surface area contributed by atoms with Crippen molar-refractivity contribution in [2.75, 3.05) is 39.6 Å². The molecule has 17 nitrogen and oxygen atoms in total. The summed E-state index contributed by atoms with van der Waals surface area (Å²) in [7, 11) is -9.97. The molecule has 0 fully saturated rings. The quantitative estimate of drug-likeness (QED) is 0.0169. The van der Waals surface area contributed by atoms with E-state index in [9.17, 15) is 43.2 Å². The number of hydrogen-bond donors (Lipinski definition) is 3. The van der Waals surface area contributed by atoms with Crippen molar-refractivity contribution >= 4 is 39.5 Å². The molecule has 19 heteroatoms. The number of esters is 4. The molecule has 0 amide bonds.